The molecule has 0 unspecified atom stereocenters. The number of aromatic nitrogens is 2. The Hall–Kier alpha value is -2.73. The molecule has 0 saturated heterocycles. The first kappa shape index (κ1) is 28.8. The van der Waals surface area contributed by atoms with Crippen LogP contribution in [0.2, 0.25) is 10.3 Å². The number of amides is 1. The van der Waals surface area contributed by atoms with Gasteiger partial charge in [-0.25, -0.2) is 4.98 Å². The van der Waals surface area contributed by atoms with Gasteiger partial charge in [0.05, 0.1) is 19.1 Å². The van der Waals surface area contributed by atoms with Gasteiger partial charge < -0.3 is 24.5 Å². The zero-order chi connectivity index (χ0) is 27.0. The number of carboxylic acid groups (broad SMARTS) is 1. The van der Waals surface area contributed by atoms with E-state index in [0.29, 0.717) is 36.8 Å². The molecule has 1 aromatic carbocycles. The minimum absolute atomic E-state index is 0.140. The SMILES string of the molecule is COCC(C)(C)C#Cc1nc(Cl)n(CCOc2ccc(Cl)cc2)c1C(=O)NC[C@H]1CC[C@H](C(=O)O)CC1. The van der Waals surface area contributed by atoms with Crippen LogP contribution >= 0.6 is 23.2 Å². The molecule has 2 N–H and O–H groups in total. The normalized spacial score (nSPS) is 17.5. The number of nitrogens with one attached hydrogen (secondary N) is 1. The highest BCUT2D eigenvalue weighted by Crippen LogP contribution is 2.28. The van der Waals surface area contributed by atoms with Gasteiger partial charge in [-0.15, -0.1) is 0 Å². The van der Waals surface area contributed by atoms with Gasteiger partial charge in [0.25, 0.3) is 5.91 Å². The number of carbonyl (C=O) groups excluding carboxylic acids is 1. The topological polar surface area (TPSA) is 103 Å². The highest BCUT2D eigenvalue weighted by molar-refractivity contribution is 6.30. The van der Waals surface area contributed by atoms with E-state index in [9.17, 15) is 14.7 Å². The molecule has 37 heavy (non-hydrogen) atoms. The molecule has 0 radical (unpaired) electrons. The molecule has 1 aliphatic rings. The fourth-order valence-corrected chi connectivity index (χ4v) is 4.67. The summed E-state index contributed by atoms with van der Waals surface area (Å²) < 4.78 is 12.6. The molecule has 10 heteroatoms. The molecule has 1 saturated carbocycles. The second-order valence-electron chi connectivity index (χ2n) is 9.86. The first-order chi connectivity index (χ1) is 17.6. The summed E-state index contributed by atoms with van der Waals surface area (Å²) in [6, 6.07) is 7.00. The van der Waals surface area contributed by atoms with Gasteiger partial charge in [0.15, 0.2) is 0 Å². The molecule has 1 fully saturated rings. The van der Waals surface area contributed by atoms with Gasteiger partial charge in [0, 0.05) is 24.1 Å². The van der Waals surface area contributed by atoms with Crippen LogP contribution in [0, 0.1) is 29.1 Å². The zero-order valence-electron chi connectivity index (χ0n) is 21.4. The van der Waals surface area contributed by atoms with Gasteiger partial charge >= 0.3 is 5.97 Å². The van der Waals surface area contributed by atoms with Crippen LogP contribution in [0.25, 0.3) is 0 Å². The number of hydrogen-bond donors (Lipinski definition) is 2. The van der Waals surface area contributed by atoms with E-state index in [1.54, 1.807) is 35.9 Å². The maximum absolute atomic E-state index is 13.4. The quantitative estimate of drug-likeness (QED) is 0.408. The van der Waals surface area contributed by atoms with Crippen molar-refractivity contribution in [3.05, 3.63) is 46.0 Å². The summed E-state index contributed by atoms with van der Waals surface area (Å²) in [7, 11) is 1.61. The van der Waals surface area contributed by atoms with Gasteiger partial charge in [-0.1, -0.05) is 17.5 Å². The predicted octanol–water partition coefficient (Wildman–Crippen LogP) is 4.91. The maximum atomic E-state index is 13.4. The van der Waals surface area contributed by atoms with E-state index in [0.717, 1.165) is 12.8 Å². The van der Waals surface area contributed by atoms with Crippen LogP contribution in [0.4, 0.5) is 0 Å². The van der Waals surface area contributed by atoms with Crippen LogP contribution < -0.4 is 10.1 Å². The number of rotatable bonds is 10. The van der Waals surface area contributed by atoms with Gasteiger partial charge in [0.2, 0.25) is 5.28 Å². The first-order valence-corrected chi connectivity index (χ1v) is 13.0. The van der Waals surface area contributed by atoms with Crippen molar-refractivity contribution in [3.8, 4) is 17.6 Å². The Bertz CT molecular complexity index is 1140. The number of ether oxygens (including phenoxy) is 2. The molecular weight excluding hydrogens is 517 g/mol. The molecule has 0 atom stereocenters. The van der Waals surface area contributed by atoms with Crippen molar-refractivity contribution in [2.75, 3.05) is 26.9 Å². The van der Waals surface area contributed by atoms with Crippen molar-refractivity contribution < 1.29 is 24.2 Å². The number of methoxy groups -OCH3 is 1. The van der Waals surface area contributed by atoms with Crippen LogP contribution in [0.5, 0.6) is 5.75 Å². The summed E-state index contributed by atoms with van der Waals surface area (Å²) in [5, 5.41) is 13.0. The minimum Gasteiger partial charge on any atom is -0.492 e. The second-order valence-corrected chi connectivity index (χ2v) is 10.6. The zero-order valence-corrected chi connectivity index (χ0v) is 22.9. The number of nitrogens with zero attached hydrogens (tertiary/aromatic N) is 2. The lowest BCUT2D eigenvalue weighted by atomic mass is 9.82. The Morgan fingerprint density at radius 3 is 2.49 bits per heavy atom. The number of carbonyl (C=O) groups is 2. The second kappa shape index (κ2) is 13.2. The van der Waals surface area contributed by atoms with Crippen LogP contribution in [-0.4, -0.2) is 53.4 Å². The molecule has 0 spiro atoms. The molecular formula is C27H33Cl2N3O5. The van der Waals surface area contributed by atoms with E-state index in [1.807, 2.05) is 13.8 Å². The third-order valence-electron chi connectivity index (χ3n) is 6.31. The standard InChI is InChI=1S/C27H33Cl2N3O5/c1-27(2,17-36-3)13-12-22-23(24(33)30-16-18-4-6-19(7-5-18)25(34)35)32(26(29)31-22)14-15-37-21-10-8-20(28)9-11-21/h8-11,18-19H,4-7,14-17H2,1-3H3,(H,30,33)(H,34,35)/t18-,19-. The van der Waals surface area contributed by atoms with Crippen molar-refractivity contribution in [2.24, 2.45) is 17.3 Å². The minimum atomic E-state index is -0.749. The lowest BCUT2D eigenvalue weighted by Gasteiger charge is -2.26. The fourth-order valence-electron chi connectivity index (χ4n) is 4.29. The first-order valence-electron chi connectivity index (χ1n) is 12.3. The van der Waals surface area contributed by atoms with Crippen LogP contribution in [0.3, 0.4) is 0 Å². The molecule has 2 aromatic rings. The molecule has 200 valence electrons. The Labute approximate surface area is 227 Å². The van der Waals surface area contributed by atoms with Gasteiger partial charge in [-0.3, -0.25) is 9.59 Å². The third-order valence-corrected chi connectivity index (χ3v) is 6.85. The van der Waals surface area contributed by atoms with Gasteiger partial charge in [-0.2, -0.15) is 0 Å². The lowest BCUT2D eigenvalue weighted by Crippen LogP contribution is -2.34. The van der Waals surface area contributed by atoms with E-state index in [4.69, 9.17) is 32.7 Å². The van der Waals surface area contributed by atoms with Crippen molar-refractivity contribution in [2.45, 2.75) is 46.1 Å². The number of imidazole rings is 1. The smallest absolute Gasteiger partial charge is 0.306 e. The molecule has 1 heterocycles. The molecule has 0 aliphatic heterocycles. The Morgan fingerprint density at radius 1 is 1.19 bits per heavy atom. The maximum Gasteiger partial charge on any atom is 0.306 e. The Morgan fingerprint density at radius 2 is 1.86 bits per heavy atom. The predicted molar refractivity (Wildman–Crippen MR) is 142 cm³/mol. The number of halogens is 2. The van der Waals surface area contributed by atoms with E-state index < -0.39 is 11.4 Å². The molecule has 3 rings (SSSR count). The highest BCUT2D eigenvalue weighted by atomic mass is 35.5. The van der Waals surface area contributed by atoms with Crippen LogP contribution in [0.15, 0.2) is 24.3 Å². The average Bonchev–Trinajstić information content (AvgIpc) is 3.18. The average molecular weight is 550 g/mol. The van der Waals surface area contributed by atoms with E-state index >= 15 is 0 Å². The Kier molecular flexibility index (Phi) is 10.3. The number of benzene rings is 1. The molecule has 1 amide bonds. The highest BCUT2D eigenvalue weighted by Gasteiger charge is 2.27. The summed E-state index contributed by atoms with van der Waals surface area (Å²) >= 11 is 12.4. The third kappa shape index (κ3) is 8.39. The van der Waals surface area contributed by atoms with Gasteiger partial charge in [-0.05, 0) is 87.2 Å². The van der Waals surface area contributed by atoms with E-state index in [2.05, 4.69) is 22.1 Å². The summed E-state index contributed by atoms with van der Waals surface area (Å²) in [4.78, 5) is 29.0. The lowest BCUT2D eigenvalue weighted by molar-refractivity contribution is -0.143. The van der Waals surface area contributed by atoms with Crippen LogP contribution in [0.1, 0.15) is 55.7 Å². The fraction of sp³-hybridized carbons (Fsp3) is 0.519. The molecule has 1 aliphatic carbocycles. The summed E-state index contributed by atoms with van der Waals surface area (Å²) in [5.41, 5.74) is 0.108. The van der Waals surface area contributed by atoms with Crippen molar-refractivity contribution in [1.82, 2.24) is 14.9 Å². The monoisotopic (exact) mass is 549 g/mol. The van der Waals surface area contributed by atoms with Crippen LogP contribution in [-0.2, 0) is 16.1 Å². The number of carboxylic acids is 1. The van der Waals surface area contributed by atoms with E-state index in [-0.39, 0.29) is 47.6 Å². The van der Waals surface area contributed by atoms with Crippen molar-refractivity contribution >= 4 is 35.1 Å². The molecule has 8 nitrogen and oxygen atoms in total. The largest absolute Gasteiger partial charge is 0.492 e. The summed E-state index contributed by atoms with van der Waals surface area (Å²) in [6.07, 6.45) is 2.74. The van der Waals surface area contributed by atoms with Crippen molar-refractivity contribution in [3.63, 3.8) is 0 Å². The molecule has 1 aromatic heterocycles. The van der Waals surface area contributed by atoms with E-state index in [1.165, 1.54) is 0 Å². The summed E-state index contributed by atoms with van der Waals surface area (Å²) in [6.45, 7) is 5.27. The summed E-state index contributed by atoms with van der Waals surface area (Å²) in [5.74, 6) is 5.63. The Balaban J connectivity index is 1.76. The van der Waals surface area contributed by atoms with Crippen molar-refractivity contribution in [1.29, 1.82) is 0 Å². The van der Waals surface area contributed by atoms with Gasteiger partial charge in [0.1, 0.15) is 23.7 Å². The number of hydrogen-bond acceptors (Lipinski definition) is 5. The number of aliphatic carboxylic acids is 1. The molecule has 0 bridgehead atoms.